The molecule has 2 rings (SSSR count). The molecule has 0 bridgehead atoms. The van der Waals surface area contributed by atoms with Crippen LogP contribution in [0.1, 0.15) is 0 Å². The first-order valence-corrected chi connectivity index (χ1v) is 5.30. The van der Waals surface area contributed by atoms with E-state index in [2.05, 4.69) is 21.5 Å². The minimum atomic E-state index is -0.968. The highest BCUT2D eigenvalue weighted by Crippen LogP contribution is 1.83. The molecule has 108 valence electrons. The molecule has 0 saturated carbocycles. The van der Waals surface area contributed by atoms with Crippen molar-refractivity contribution in [2.75, 3.05) is 13.1 Å². The Bertz CT molecular complexity index is 548. The molecule has 0 radical (unpaired) electrons. The molecule has 20 heavy (non-hydrogen) atoms. The third kappa shape index (κ3) is 7.63. The summed E-state index contributed by atoms with van der Waals surface area (Å²) in [5.74, 6) is -1.94. The topological polar surface area (TPSA) is 168 Å². The predicted molar refractivity (Wildman–Crippen MR) is 67.5 cm³/mol. The number of para-hydroxylation sites is 2. The minimum absolute atomic E-state index is 0.278. The smallest absolute Gasteiger partial charge is 0.368 e. The number of carbonyl (C=O) groups is 3. The Balaban J connectivity index is 0.000000310. The number of nitrogens with two attached hydrogens (primary N) is 2. The van der Waals surface area contributed by atoms with Crippen molar-refractivity contribution in [3.63, 3.8) is 0 Å². The predicted octanol–water partition coefficient (Wildman–Crippen LogP) is -1.88. The van der Waals surface area contributed by atoms with E-state index in [-0.39, 0.29) is 13.1 Å². The summed E-state index contributed by atoms with van der Waals surface area (Å²) in [5.41, 5.74) is 9.14. The van der Waals surface area contributed by atoms with Gasteiger partial charge in [0.1, 0.15) is 0 Å². The summed E-state index contributed by atoms with van der Waals surface area (Å²) in [6, 6.07) is 6.79. The zero-order chi connectivity index (χ0) is 15.5. The zero-order valence-electron chi connectivity index (χ0n) is 10.4. The van der Waals surface area contributed by atoms with Crippen LogP contribution in [-0.4, -0.2) is 41.3 Å². The zero-order valence-corrected chi connectivity index (χ0v) is 10.4. The fourth-order valence-corrected chi connectivity index (χ4v) is 0.884. The maximum atomic E-state index is 10.6. The number of nitrogens with zero attached hydrogens (tertiary/aromatic N) is 2. The van der Waals surface area contributed by atoms with Gasteiger partial charge in [0, 0.05) is 0 Å². The van der Waals surface area contributed by atoms with Gasteiger partial charge in [0.25, 0.3) is 0 Å². The van der Waals surface area contributed by atoms with Gasteiger partial charge in [0.2, 0.25) is 0 Å². The fraction of sp³-hybridized carbons (Fsp3) is 0.182. The highest BCUT2D eigenvalue weighted by Gasteiger charge is 2.01. The molecule has 1 heterocycles. The second kappa shape index (κ2) is 9.30. The molecule has 0 saturated heterocycles. The molecule has 0 atom stereocenters. The van der Waals surface area contributed by atoms with Gasteiger partial charge >= 0.3 is 18.0 Å². The van der Waals surface area contributed by atoms with Crippen LogP contribution in [0.15, 0.2) is 34.3 Å². The van der Waals surface area contributed by atoms with Crippen molar-refractivity contribution < 1.29 is 24.6 Å². The lowest BCUT2D eigenvalue weighted by Crippen LogP contribution is -2.19. The summed E-state index contributed by atoms with van der Waals surface area (Å²) in [6.07, 6.45) is 0. The average Bonchev–Trinajstić information content (AvgIpc) is 2.80. The maximum Gasteiger partial charge on any atom is 0.368 e. The minimum Gasteiger partial charge on any atom is -0.480 e. The number of carbonyl (C=O) groups excluding carboxylic acids is 1. The third-order valence-corrected chi connectivity index (χ3v) is 1.66. The molecular formula is C11H14N4O5. The van der Waals surface area contributed by atoms with Gasteiger partial charge in [0.15, 0.2) is 0 Å². The second-order valence-corrected chi connectivity index (χ2v) is 3.19. The van der Waals surface area contributed by atoms with Crippen LogP contribution in [0.5, 0.6) is 0 Å². The van der Waals surface area contributed by atoms with Crippen LogP contribution in [0.3, 0.4) is 0 Å². The first-order valence-electron chi connectivity index (χ1n) is 5.30. The van der Waals surface area contributed by atoms with E-state index in [9.17, 15) is 14.4 Å². The maximum absolute atomic E-state index is 10.6. The van der Waals surface area contributed by atoms with Gasteiger partial charge in [0.05, 0.1) is 23.8 Å². The van der Waals surface area contributed by atoms with Crippen LogP contribution in [0.2, 0.25) is 0 Å². The number of aliphatic carboxylic acids is 2. The summed E-state index contributed by atoms with van der Waals surface area (Å²) in [5, 5.41) is 16.5. The van der Waals surface area contributed by atoms with Crippen molar-refractivity contribution in [3.05, 3.63) is 35.0 Å². The molecule has 6 N–H and O–H groups in total. The van der Waals surface area contributed by atoms with E-state index in [4.69, 9.17) is 10.2 Å². The van der Waals surface area contributed by atoms with Crippen LogP contribution in [0.4, 0.5) is 4.79 Å². The van der Waals surface area contributed by atoms with Gasteiger partial charge in [-0.2, -0.15) is 9.98 Å². The van der Waals surface area contributed by atoms with E-state index in [1.165, 1.54) is 0 Å². The van der Waals surface area contributed by atoms with Crippen LogP contribution in [-0.2, 0) is 9.59 Å². The monoisotopic (exact) mass is 282 g/mol. The van der Waals surface area contributed by atoms with Crippen molar-refractivity contribution in [1.29, 1.82) is 0 Å². The van der Waals surface area contributed by atoms with Crippen LogP contribution < -0.4 is 22.2 Å². The Kier molecular flexibility index (Phi) is 8.07. The van der Waals surface area contributed by atoms with Crippen molar-refractivity contribution in [2.45, 2.75) is 0 Å². The third-order valence-electron chi connectivity index (χ3n) is 1.66. The van der Waals surface area contributed by atoms with Gasteiger partial charge in [-0.15, -0.1) is 0 Å². The van der Waals surface area contributed by atoms with Gasteiger partial charge < -0.3 is 21.7 Å². The molecule has 1 aromatic rings. The SMILES string of the molecule is NCC(=O)O.NCC(=O)O.O=C1N=c2ccccc2=N1. The Hall–Kier alpha value is -2.65. The van der Waals surface area contributed by atoms with Gasteiger partial charge in [-0.25, -0.2) is 4.79 Å². The number of urea groups is 1. The number of carboxylic acid groups (broad SMARTS) is 2. The van der Waals surface area contributed by atoms with Gasteiger partial charge in [-0.3, -0.25) is 9.59 Å². The van der Waals surface area contributed by atoms with Gasteiger partial charge in [-0.05, 0) is 12.1 Å². The Labute approximate surface area is 113 Å². The number of benzene rings is 1. The lowest BCUT2D eigenvalue weighted by atomic mass is 10.3. The first kappa shape index (κ1) is 17.4. The highest BCUT2D eigenvalue weighted by molar-refractivity contribution is 5.77. The number of hydrogen-bond acceptors (Lipinski definition) is 5. The van der Waals surface area contributed by atoms with Gasteiger partial charge in [-0.1, -0.05) is 12.1 Å². The number of carboxylic acids is 2. The summed E-state index contributed by atoms with van der Waals surface area (Å²) >= 11 is 0. The quantitative estimate of drug-likeness (QED) is 0.491. The molecule has 0 fully saturated rings. The van der Waals surface area contributed by atoms with E-state index in [0.717, 1.165) is 0 Å². The summed E-state index contributed by atoms with van der Waals surface area (Å²) < 4.78 is 0. The van der Waals surface area contributed by atoms with Crippen LogP contribution in [0, 0.1) is 0 Å². The number of fused-ring (bicyclic) bond motifs is 1. The standard InChI is InChI=1S/C7H4N2O.2C2H5NO2/c10-7-8-5-3-1-2-4-6(5)9-7;2*3-1-2(4)5/h1-4H;2*1,3H2,(H,4,5). The van der Waals surface area contributed by atoms with Crippen molar-refractivity contribution in [1.82, 2.24) is 0 Å². The number of amides is 2. The molecule has 0 aliphatic carbocycles. The number of hydrogen-bond donors (Lipinski definition) is 4. The van der Waals surface area contributed by atoms with Crippen LogP contribution >= 0.6 is 0 Å². The summed E-state index contributed by atoms with van der Waals surface area (Å²) in [6.45, 7) is -0.556. The van der Waals surface area contributed by atoms with E-state index in [1.54, 1.807) is 12.1 Å². The highest BCUT2D eigenvalue weighted by atomic mass is 16.4. The van der Waals surface area contributed by atoms with E-state index in [1.807, 2.05) is 12.1 Å². The average molecular weight is 282 g/mol. The van der Waals surface area contributed by atoms with Crippen molar-refractivity contribution >= 4 is 18.0 Å². The molecule has 9 nitrogen and oxygen atoms in total. The molecule has 0 aromatic heterocycles. The lowest BCUT2D eigenvalue weighted by Gasteiger charge is -1.75. The molecule has 1 aliphatic heterocycles. The Morgan fingerprint density at radius 1 is 0.950 bits per heavy atom. The van der Waals surface area contributed by atoms with Crippen LogP contribution in [0.25, 0.3) is 0 Å². The Morgan fingerprint density at radius 3 is 1.50 bits per heavy atom. The largest absolute Gasteiger partial charge is 0.480 e. The Morgan fingerprint density at radius 2 is 1.25 bits per heavy atom. The first-order chi connectivity index (χ1) is 9.40. The molecule has 1 aromatic carbocycles. The lowest BCUT2D eigenvalue weighted by molar-refractivity contribution is -0.136. The normalized spacial score (nSPS) is 10.6. The summed E-state index contributed by atoms with van der Waals surface area (Å²) in [7, 11) is 0. The molecule has 2 amide bonds. The summed E-state index contributed by atoms with van der Waals surface area (Å²) in [4.78, 5) is 36.3. The number of rotatable bonds is 2. The molecule has 9 heteroatoms. The van der Waals surface area contributed by atoms with E-state index < -0.39 is 18.0 Å². The molecule has 0 spiro atoms. The van der Waals surface area contributed by atoms with E-state index >= 15 is 0 Å². The molecule has 1 aliphatic rings. The second-order valence-electron chi connectivity index (χ2n) is 3.19. The van der Waals surface area contributed by atoms with E-state index in [0.29, 0.717) is 10.7 Å². The molecular weight excluding hydrogens is 268 g/mol. The van der Waals surface area contributed by atoms with Crippen molar-refractivity contribution in [3.8, 4) is 0 Å². The fourth-order valence-electron chi connectivity index (χ4n) is 0.884. The van der Waals surface area contributed by atoms with Crippen molar-refractivity contribution in [2.24, 2.45) is 21.5 Å². The molecule has 0 unspecified atom stereocenters.